The lowest BCUT2D eigenvalue weighted by Crippen LogP contribution is -2.35. The summed E-state index contributed by atoms with van der Waals surface area (Å²) < 4.78 is 13.3. The van der Waals surface area contributed by atoms with Crippen molar-refractivity contribution >= 4 is 17.2 Å². The number of hydrogen-bond acceptors (Lipinski definition) is 5. The van der Waals surface area contributed by atoms with E-state index in [1.807, 2.05) is 60.1 Å². The molecule has 1 N–H and O–H groups in total. The van der Waals surface area contributed by atoms with Gasteiger partial charge in [0.1, 0.15) is 18.0 Å². The Bertz CT molecular complexity index is 1280. The number of ether oxygens (including phenoxy) is 2. The highest BCUT2D eigenvalue weighted by Gasteiger charge is 2.12. The molecular formula is C27H28N4O3. The molecule has 174 valence electrons. The fraction of sp³-hybridized carbons (Fsp3) is 0.259. The van der Waals surface area contributed by atoms with Crippen LogP contribution >= 0.6 is 0 Å². The second-order valence-corrected chi connectivity index (χ2v) is 8.56. The highest BCUT2D eigenvalue weighted by molar-refractivity contribution is 6.04. The molecule has 0 unspecified atom stereocenters. The number of morpholine rings is 1. The molecule has 0 spiro atoms. The molecular weight excluding hydrogens is 428 g/mol. The Morgan fingerprint density at radius 3 is 2.71 bits per heavy atom. The van der Waals surface area contributed by atoms with Crippen LogP contribution in [-0.4, -0.2) is 46.5 Å². The lowest BCUT2D eigenvalue weighted by molar-refractivity contribution is 0.0342. The Kier molecular flexibility index (Phi) is 6.56. The van der Waals surface area contributed by atoms with Crippen LogP contribution in [-0.2, 0) is 17.9 Å². The number of aromatic nitrogens is 2. The van der Waals surface area contributed by atoms with Crippen LogP contribution in [0.15, 0.2) is 73.1 Å². The fourth-order valence-corrected chi connectivity index (χ4v) is 4.02. The Morgan fingerprint density at radius 1 is 1.06 bits per heavy atom. The van der Waals surface area contributed by atoms with Gasteiger partial charge in [-0.05, 0) is 54.4 Å². The number of anilines is 1. The van der Waals surface area contributed by atoms with E-state index in [2.05, 4.69) is 27.3 Å². The predicted octanol–water partition coefficient (Wildman–Crippen LogP) is 4.31. The maximum absolute atomic E-state index is 12.8. The Labute approximate surface area is 198 Å². The van der Waals surface area contributed by atoms with E-state index in [0.29, 0.717) is 17.9 Å². The monoisotopic (exact) mass is 456 g/mol. The summed E-state index contributed by atoms with van der Waals surface area (Å²) in [4.78, 5) is 19.7. The van der Waals surface area contributed by atoms with Crippen LogP contribution < -0.4 is 10.1 Å². The van der Waals surface area contributed by atoms with Crippen molar-refractivity contribution in [3.05, 3.63) is 95.4 Å². The zero-order valence-corrected chi connectivity index (χ0v) is 19.2. The van der Waals surface area contributed by atoms with Crippen molar-refractivity contribution in [3.63, 3.8) is 0 Å². The minimum absolute atomic E-state index is 0.172. The fourth-order valence-electron chi connectivity index (χ4n) is 4.02. The summed E-state index contributed by atoms with van der Waals surface area (Å²) in [6.45, 7) is 6.75. The number of benzene rings is 2. The Hall–Kier alpha value is -3.68. The summed E-state index contributed by atoms with van der Waals surface area (Å²) in [5, 5.41) is 2.97. The normalized spacial score (nSPS) is 14.3. The number of pyridine rings is 1. The van der Waals surface area contributed by atoms with Crippen molar-refractivity contribution in [2.45, 2.75) is 20.1 Å². The smallest absolute Gasteiger partial charge is 0.255 e. The topological polar surface area (TPSA) is 68.1 Å². The molecule has 0 bridgehead atoms. The lowest BCUT2D eigenvalue weighted by atomic mass is 10.1. The van der Waals surface area contributed by atoms with E-state index >= 15 is 0 Å². The van der Waals surface area contributed by atoms with Crippen molar-refractivity contribution < 1.29 is 14.3 Å². The van der Waals surface area contributed by atoms with E-state index < -0.39 is 0 Å². The highest BCUT2D eigenvalue weighted by Crippen LogP contribution is 2.18. The van der Waals surface area contributed by atoms with Crippen LogP contribution in [0.3, 0.4) is 0 Å². The van der Waals surface area contributed by atoms with Crippen LogP contribution in [0.25, 0.3) is 5.65 Å². The van der Waals surface area contributed by atoms with Gasteiger partial charge in [-0.15, -0.1) is 0 Å². The Balaban J connectivity index is 1.18. The van der Waals surface area contributed by atoms with Crippen molar-refractivity contribution in [1.29, 1.82) is 0 Å². The first-order valence-corrected chi connectivity index (χ1v) is 11.5. The number of imidazole rings is 1. The van der Waals surface area contributed by atoms with Gasteiger partial charge in [0.05, 0.1) is 18.9 Å². The first-order valence-electron chi connectivity index (χ1n) is 11.5. The molecule has 0 saturated carbocycles. The van der Waals surface area contributed by atoms with Gasteiger partial charge < -0.3 is 19.2 Å². The van der Waals surface area contributed by atoms with Crippen LogP contribution in [0.2, 0.25) is 0 Å². The lowest BCUT2D eigenvalue weighted by Gasteiger charge is -2.26. The van der Waals surface area contributed by atoms with Crippen molar-refractivity contribution in [1.82, 2.24) is 14.3 Å². The van der Waals surface area contributed by atoms with E-state index in [1.54, 1.807) is 12.1 Å². The zero-order chi connectivity index (χ0) is 23.3. The maximum Gasteiger partial charge on any atom is 0.255 e. The quantitative estimate of drug-likeness (QED) is 0.449. The van der Waals surface area contributed by atoms with Gasteiger partial charge >= 0.3 is 0 Å². The van der Waals surface area contributed by atoms with Gasteiger partial charge in [0.25, 0.3) is 5.91 Å². The molecule has 5 rings (SSSR count). The van der Waals surface area contributed by atoms with Crippen LogP contribution in [0.4, 0.5) is 5.69 Å². The summed E-state index contributed by atoms with van der Waals surface area (Å²) in [6, 6.07) is 19.2. The van der Waals surface area contributed by atoms with E-state index in [4.69, 9.17) is 9.47 Å². The van der Waals surface area contributed by atoms with Gasteiger partial charge in [0, 0.05) is 43.3 Å². The van der Waals surface area contributed by atoms with Gasteiger partial charge in [0.2, 0.25) is 0 Å². The van der Waals surface area contributed by atoms with E-state index in [-0.39, 0.29) is 5.91 Å². The molecule has 2 aromatic carbocycles. The van der Waals surface area contributed by atoms with Crippen LogP contribution in [0.1, 0.15) is 27.2 Å². The number of hydrogen-bond donors (Lipinski definition) is 1. The molecule has 1 aliphatic heterocycles. The molecule has 1 fully saturated rings. The molecule has 2 aromatic heterocycles. The first kappa shape index (κ1) is 22.1. The number of nitrogens with one attached hydrogen (secondary N) is 1. The average Bonchev–Trinajstić information content (AvgIpc) is 3.27. The van der Waals surface area contributed by atoms with E-state index in [1.165, 1.54) is 11.1 Å². The number of amides is 1. The second-order valence-electron chi connectivity index (χ2n) is 8.56. The number of fused-ring (bicyclic) bond motifs is 1. The van der Waals surface area contributed by atoms with Gasteiger partial charge in [-0.3, -0.25) is 9.69 Å². The standard InChI is InChI=1S/C27H28N4O3/c1-20-5-10-26-28-24(18-31(26)16-20)19-34-25-4-2-3-22(15-25)27(32)29-23-8-6-21(7-9-23)17-30-11-13-33-14-12-30/h2-10,15-16,18H,11-14,17,19H2,1H3,(H,29,32). The van der Waals surface area contributed by atoms with Gasteiger partial charge in [-0.1, -0.05) is 24.3 Å². The number of carbonyl (C=O) groups excluding carboxylic acids is 1. The number of aryl methyl sites for hydroxylation is 1. The SMILES string of the molecule is Cc1ccc2nc(COc3cccc(C(=O)Nc4ccc(CN5CCOCC5)cc4)c3)cn2c1. The van der Waals surface area contributed by atoms with Gasteiger partial charge in [0.15, 0.2) is 0 Å². The number of carbonyl (C=O) groups is 1. The molecule has 1 amide bonds. The molecule has 34 heavy (non-hydrogen) atoms. The molecule has 4 aromatic rings. The zero-order valence-electron chi connectivity index (χ0n) is 19.2. The minimum atomic E-state index is -0.172. The highest BCUT2D eigenvalue weighted by atomic mass is 16.5. The number of nitrogens with zero attached hydrogens (tertiary/aromatic N) is 3. The second kappa shape index (κ2) is 10.1. The maximum atomic E-state index is 12.8. The summed E-state index contributed by atoms with van der Waals surface area (Å²) in [7, 11) is 0. The number of rotatable bonds is 7. The van der Waals surface area contributed by atoms with Gasteiger partial charge in [-0.2, -0.15) is 0 Å². The summed E-state index contributed by atoms with van der Waals surface area (Å²) >= 11 is 0. The largest absolute Gasteiger partial charge is 0.487 e. The predicted molar refractivity (Wildman–Crippen MR) is 131 cm³/mol. The van der Waals surface area contributed by atoms with E-state index in [9.17, 15) is 4.79 Å². The molecule has 0 radical (unpaired) electrons. The van der Waals surface area contributed by atoms with Crippen molar-refractivity contribution in [3.8, 4) is 5.75 Å². The molecule has 0 aliphatic carbocycles. The van der Waals surface area contributed by atoms with Crippen LogP contribution in [0, 0.1) is 6.92 Å². The summed E-state index contributed by atoms with van der Waals surface area (Å²) in [5.41, 5.74) is 5.41. The van der Waals surface area contributed by atoms with E-state index in [0.717, 1.165) is 49.9 Å². The first-order chi connectivity index (χ1) is 16.6. The molecule has 3 heterocycles. The summed E-state index contributed by atoms with van der Waals surface area (Å²) in [6.07, 6.45) is 3.99. The summed E-state index contributed by atoms with van der Waals surface area (Å²) in [5.74, 6) is 0.455. The third-order valence-electron chi connectivity index (χ3n) is 5.85. The molecule has 1 aliphatic rings. The molecule has 1 saturated heterocycles. The van der Waals surface area contributed by atoms with Crippen molar-refractivity contribution in [2.75, 3.05) is 31.6 Å². The molecule has 7 nitrogen and oxygen atoms in total. The third kappa shape index (κ3) is 5.44. The van der Waals surface area contributed by atoms with Crippen molar-refractivity contribution in [2.24, 2.45) is 0 Å². The van der Waals surface area contributed by atoms with Crippen LogP contribution in [0.5, 0.6) is 5.75 Å². The van der Waals surface area contributed by atoms with Gasteiger partial charge in [-0.25, -0.2) is 4.98 Å². The molecule has 0 atom stereocenters. The average molecular weight is 457 g/mol. The molecule has 7 heteroatoms. The third-order valence-corrected chi connectivity index (χ3v) is 5.85. The Morgan fingerprint density at radius 2 is 1.88 bits per heavy atom. The minimum Gasteiger partial charge on any atom is -0.487 e.